The number of amides is 1. The maximum Gasteiger partial charge on any atom is 0.260 e. The van der Waals surface area contributed by atoms with Crippen molar-refractivity contribution in [3.63, 3.8) is 0 Å². The molecular formula is C17H19N5O2S2. The van der Waals surface area contributed by atoms with Gasteiger partial charge in [-0.05, 0) is 45.1 Å². The number of hydrogen-bond donors (Lipinski definition) is 3. The fourth-order valence-electron chi connectivity index (χ4n) is 3.26. The Bertz CT molecular complexity index is 1030. The Morgan fingerprint density at radius 2 is 2.12 bits per heavy atom. The second kappa shape index (κ2) is 6.88. The molecule has 3 heterocycles. The third-order valence-corrected chi connectivity index (χ3v) is 6.59. The third kappa shape index (κ3) is 3.16. The lowest BCUT2D eigenvalue weighted by atomic mass is 9.97. The monoisotopic (exact) mass is 389 g/mol. The van der Waals surface area contributed by atoms with Gasteiger partial charge < -0.3 is 10.3 Å². The number of anilines is 1. The lowest BCUT2D eigenvalue weighted by molar-refractivity contribution is -0.113. The average molecular weight is 390 g/mol. The van der Waals surface area contributed by atoms with E-state index in [9.17, 15) is 9.59 Å². The molecule has 26 heavy (non-hydrogen) atoms. The number of aryl methyl sites for hydroxylation is 4. The molecule has 3 aromatic rings. The zero-order chi connectivity index (χ0) is 18.3. The second-order valence-corrected chi connectivity index (χ2v) is 8.46. The molecule has 4 rings (SSSR count). The van der Waals surface area contributed by atoms with Crippen molar-refractivity contribution in [1.29, 1.82) is 0 Å². The van der Waals surface area contributed by atoms with Crippen molar-refractivity contribution >= 4 is 44.9 Å². The highest BCUT2D eigenvalue weighted by Crippen LogP contribution is 2.34. The Balaban J connectivity index is 1.51. The van der Waals surface area contributed by atoms with Gasteiger partial charge >= 0.3 is 0 Å². The SMILES string of the molecule is Cc1n[nH]c(C)c1NC(=O)CSc1nc2sc3c(c2c(=O)[nH]1)CCCC3. The van der Waals surface area contributed by atoms with E-state index >= 15 is 0 Å². The first-order chi connectivity index (χ1) is 12.5. The van der Waals surface area contributed by atoms with Gasteiger partial charge in [0.1, 0.15) is 4.83 Å². The van der Waals surface area contributed by atoms with E-state index in [4.69, 9.17) is 0 Å². The molecule has 0 fully saturated rings. The van der Waals surface area contributed by atoms with Crippen molar-refractivity contribution in [2.45, 2.75) is 44.7 Å². The number of hydrogen-bond acceptors (Lipinski definition) is 6. The van der Waals surface area contributed by atoms with Crippen molar-refractivity contribution in [2.24, 2.45) is 0 Å². The molecule has 7 nitrogen and oxygen atoms in total. The van der Waals surface area contributed by atoms with Gasteiger partial charge in [0.15, 0.2) is 5.16 Å². The van der Waals surface area contributed by atoms with Crippen LogP contribution in [0.2, 0.25) is 0 Å². The Morgan fingerprint density at radius 1 is 1.31 bits per heavy atom. The van der Waals surface area contributed by atoms with Gasteiger partial charge in [0.05, 0.1) is 28.2 Å². The van der Waals surface area contributed by atoms with Crippen LogP contribution in [0.1, 0.15) is 34.7 Å². The van der Waals surface area contributed by atoms with Gasteiger partial charge in [0.25, 0.3) is 5.56 Å². The van der Waals surface area contributed by atoms with Crippen molar-refractivity contribution < 1.29 is 4.79 Å². The number of thiophene rings is 1. The van der Waals surface area contributed by atoms with Crippen molar-refractivity contribution in [1.82, 2.24) is 20.2 Å². The number of aromatic nitrogens is 4. The van der Waals surface area contributed by atoms with E-state index in [2.05, 4.69) is 25.5 Å². The summed E-state index contributed by atoms with van der Waals surface area (Å²) < 4.78 is 0. The van der Waals surface area contributed by atoms with E-state index in [0.717, 1.165) is 40.9 Å². The molecule has 0 spiro atoms. The van der Waals surface area contributed by atoms with Gasteiger partial charge in [0.2, 0.25) is 5.91 Å². The summed E-state index contributed by atoms with van der Waals surface area (Å²) >= 11 is 2.85. The topological polar surface area (TPSA) is 104 Å². The Hall–Kier alpha value is -2.13. The molecular weight excluding hydrogens is 370 g/mol. The number of fused-ring (bicyclic) bond motifs is 3. The van der Waals surface area contributed by atoms with E-state index in [1.54, 1.807) is 11.3 Å². The van der Waals surface area contributed by atoms with E-state index in [1.807, 2.05) is 13.8 Å². The molecule has 0 unspecified atom stereocenters. The van der Waals surface area contributed by atoms with Crippen molar-refractivity contribution in [2.75, 3.05) is 11.1 Å². The molecule has 0 radical (unpaired) electrons. The predicted octanol–water partition coefficient (Wildman–Crippen LogP) is 2.93. The Labute approximate surface area is 158 Å². The van der Waals surface area contributed by atoms with Crippen molar-refractivity contribution in [3.05, 3.63) is 32.2 Å². The van der Waals surface area contributed by atoms with Crippen LogP contribution in [0.5, 0.6) is 0 Å². The van der Waals surface area contributed by atoms with Crippen LogP contribution in [0.3, 0.4) is 0 Å². The maximum atomic E-state index is 12.5. The molecule has 9 heteroatoms. The quantitative estimate of drug-likeness (QED) is 0.470. The van der Waals surface area contributed by atoms with Crippen LogP contribution in [-0.2, 0) is 17.6 Å². The summed E-state index contributed by atoms with van der Waals surface area (Å²) in [6.45, 7) is 3.69. The van der Waals surface area contributed by atoms with Crippen LogP contribution >= 0.6 is 23.1 Å². The number of carbonyl (C=O) groups is 1. The maximum absolute atomic E-state index is 12.5. The van der Waals surface area contributed by atoms with Crippen LogP contribution in [0.15, 0.2) is 9.95 Å². The number of nitrogens with zero attached hydrogens (tertiary/aromatic N) is 2. The number of carbonyl (C=O) groups excluding carboxylic acids is 1. The molecule has 0 saturated heterocycles. The lowest BCUT2D eigenvalue weighted by Crippen LogP contribution is -2.16. The van der Waals surface area contributed by atoms with Crippen LogP contribution < -0.4 is 10.9 Å². The average Bonchev–Trinajstić information content (AvgIpc) is 3.14. The number of H-pyrrole nitrogens is 2. The van der Waals surface area contributed by atoms with E-state index in [0.29, 0.717) is 10.8 Å². The summed E-state index contributed by atoms with van der Waals surface area (Å²) in [7, 11) is 0. The summed E-state index contributed by atoms with van der Waals surface area (Å²) in [6, 6.07) is 0. The van der Waals surface area contributed by atoms with E-state index in [-0.39, 0.29) is 17.2 Å². The molecule has 3 N–H and O–H groups in total. The molecule has 136 valence electrons. The van der Waals surface area contributed by atoms with Crippen LogP contribution in [0, 0.1) is 13.8 Å². The molecule has 0 bridgehead atoms. The van der Waals surface area contributed by atoms with Gasteiger partial charge in [-0.3, -0.25) is 14.7 Å². The summed E-state index contributed by atoms with van der Waals surface area (Å²) in [4.78, 5) is 34.2. The number of nitrogens with one attached hydrogen (secondary N) is 3. The zero-order valence-corrected chi connectivity index (χ0v) is 16.2. The highest BCUT2D eigenvalue weighted by molar-refractivity contribution is 7.99. The fourth-order valence-corrected chi connectivity index (χ4v) is 5.24. The lowest BCUT2D eigenvalue weighted by Gasteiger charge is -2.09. The van der Waals surface area contributed by atoms with Gasteiger partial charge in [-0.2, -0.15) is 5.10 Å². The summed E-state index contributed by atoms with van der Waals surface area (Å²) in [5.41, 5.74) is 3.35. The second-order valence-electron chi connectivity index (χ2n) is 6.41. The van der Waals surface area contributed by atoms with Crippen LogP contribution in [0.25, 0.3) is 10.2 Å². The van der Waals surface area contributed by atoms with Crippen molar-refractivity contribution in [3.8, 4) is 0 Å². The summed E-state index contributed by atoms with van der Waals surface area (Å²) in [5.74, 6) is 0.0136. The highest BCUT2D eigenvalue weighted by Gasteiger charge is 2.20. The molecule has 0 aliphatic heterocycles. The summed E-state index contributed by atoms with van der Waals surface area (Å²) in [5, 5.41) is 11.0. The predicted molar refractivity (Wildman–Crippen MR) is 104 cm³/mol. The van der Waals surface area contributed by atoms with E-state index in [1.165, 1.54) is 28.6 Å². The highest BCUT2D eigenvalue weighted by atomic mass is 32.2. The number of rotatable bonds is 4. The minimum absolute atomic E-state index is 0.0983. The third-order valence-electron chi connectivity index (χ3n) is 4.54. The van der Waals surface area contributed by atoms with Crippen LogP contribution in [0.4, 0.5) is 5.69 Å². The molecule has 0 saturated carbocycles. The molecule has 1 aliphatic carbocycles. The number of aromatic amines is 2. The largest absolute Gasteiger partial charge is 0.322 e. The van der Waals surface area contributed by atoms with Crippen LogP contribution in [-0.4, -0.2) is 31.8 Å². The van der Waals surface area contributed by atoms with Gasteiger partial charge in [-0.1, -0.05) is 11.8 Å². The summed E-state index contributed by atoms with van der Waals surface area (Å²) in [6.07, 6.45) is 4.29. The minimum Gasteiger partial charge on any atom is -0.322 e. The Kier molecular flexibility index (Phi) is 4.58. The minimum atomic E-state index is -0.157. The van der Waals surface area contributed by atoms with E-state index < -0.39 is 0 Å². The zero-order valence-electron chi connectivity index (χ0n) is 14.6. The molecule has 1 aliphatic rings. The smallest absolute Gasteiger partial charge is 0.260 e. The normalized spacial score (nSPS) is 13.8. The first-order valence-electron chi connectivity index (χ1n) is 8.51. The standard InChI is InChI=1S/C17H19N5O2S2/c1-8-14(9(2)22-21-8)18-12(23)7-25-17-19-15(24)13-10-5-3-4-6-11(10)26-16(13)20-17/h3-7H2,1-2H3,(H,18,23)(H,21,22)(H,19,20,24). The van der Waals surface area contributed by atoms with Gasteiger partial charge in [-0.25, -0.2) is 4.98 Å². The van der Waals surface area contributed by atoms with Gasteiger partial charge in [-0.15, -0.1) is 11.3 Å². The fraction of sp³-hybridized carbons (Fsp3) is 0.412. The Morgan fingerprint density at radius 3 is 2.88 bits per heavy atom. The number of thioether (sulfide) groups is 1. The first-order valence-corrected chi connectivity index (χ1v) is 10.3. The molecule has 0 atom stereocenters. The first kappa shape index (κ1) is 17.3. The molecule has 3 aromatic heterocycles. The molecule has 1 amide bonds. The molecule has 0 aromatic carbocycles. The van der Waals surface area contributed by atoms with Gasteiger partial charge in [0, 0.05) is 4.88 Å².